The third kappa shape index (κ3) is 3.85. The highest BCUT2D eigenvalue weighted by molar-refractivity contribution is 9.10. The van der Waals surface area contributed by atoms with Gasteiger partial charge in [-0.3, -0.25) is 0 Å². The summed E-state index contributed by atoms with van der Waals surface area (Å²) in [4.78, 5) is 11.6. The van der Waals surface area contributed by atoms with Gasteiger partial charge in [-0.05, 0) is 24.6 Å². The number of nitrogen functional groups attached to an aromatic ring is 1. The van der Waals surface area contributed by atoms with E-state index in [0.29, 0.717) is 17.9 Å². The normalized spacial score (nSPS) is 10.1. The van der Waals surface area contributed by atoms with Crippen LogP contribution in [0.25, 0.3) is 0 Å². The van der Waals surface area contributed by atoms with E-state index >= 15 is 0 Å². The number of hydrogen-bond donors (Lipinski definition) is 1. The van der Waals surface area contributed by atoms with E-state index in [0.717, 1.165) is 23.7 Å². The van der Waals surface area contributed by atoms with Crippen LogP contribution in [-0.2, 0) is 4.74 Å². The smallest absolute Gasteiger partial charge is 0.340 e. The molecule has 0 aliphatic heterocycles. The molecule has 0 saturated heterocycles. The molecule has 0 bridgehead atoms. The van der Waals surface area contributed by atoms with Gasteiger partial charge in [0.1, 0.15) is 0 Å². The highest BCUT2D eigenvalue weighted by Crippen LogP contribution is 2.19. The maximum Gasteiger partial charge on any atom is 0.340 e. The number of hydrogen-bond acceptors (Lipinski definition) is 3. The molecule has 16 heavy (non-hydrogen) atoms. The zero-order valence-electron chi connectivity index (χ0n) is 9.33. The number of esters is 1. The molecule has 0 radical (unpaired) electrons. The van der Waals surface area contributed by atoms with E-state index in [9.17, 15) is 4.79 Å². The number of benzene rings is 1. The number of nitrogens with two attached hydrogens (primary N) is 1. The van der Waals surface area contributed by atoms with E-state index in [1.54, 1.807) is 18.2 Å². The zero-order valence-corrected chi connectivity index (χ0v) is 10.9. The van der Waals surface area contributed by atoms with Crippen LogP contribution >= 0.6 is 15.9 Å². The Bertz CT molecular complexity index is 366. The Morgan fingerprint density at radius 2 is 2.19 bits per heavy atom. The van der Waals surface area contributed by atoms with Crippen LogP contribution in [0.2, 0.25) is 0 Å². The lowest BCUT2D eigenvalue weighted by molar-refractivity contribution is 0.0499. The van der Waals surface area contributed by atoms with Gasteiger partial charge < -0.3 is 10.5 Å². The fourth-order valence-corrected chi connectivity index (χ4v) is 1.69. The summed E-state index contributed by atoms with van der Waals surface area (Å²) in [6.45, 7) is 2.57. The predicted molar refractivity (Wildman–Crippen MR) is 68.4 cm³/mol. The number of carbonyl (C=O) groups is 1. The zero-order chi connectivity index (χ0) is 12.0. The third-order valence-corrected chi connectivity index (χ3v) is 2.71. The Labute approximate surface area is 104 Å². The van der Waals surface area contributed by atoms with Crippen LogP contribution in [0.3, 0.4) is 0 Å². The molecule has 0 amide bonds. The minimum Gasteiger partial charge on any atom is -0.462 e. The summed E-state index contributed by atoms with van der Waals surface area (Å²) in [6.07, 6.45) is 3.08. The van der Waals surface area contributed by atoms with Gasteiger partial charge in [0.25, 0.3) is 0 Å². The van der Waals surface area contributed by atoms with Crippen molar-refractivity contribution < 1.29 is 9.53 Å². The van der Waals surface area contributed by atoms with Gasteiger partial charge in [-0.2, -0.15) is 0 Å². The number of rotatable bonds is 5. The second-order valence-electron chi connectivity index (χ2n) is 3.57. The Morgan fingerprint density at radius 3 is 2.81 bits per heavy atom. The molecule has 0 unspecified atom stereocenters. The molecule has 0 aliphatic rings. The summed E-state index contributed by atoms with van der Waals surface area (Å²) >= 11 is 3.29. The number of anilines is 1. The number of halogens is 1. The van der Waals surface area contributed by atoms with Crippen LogP contribution in [0.4, 0.5) is 5.69 Å². The van der Waals surface area contributed by atoms with E-state index in [-0.39, 0.29) is 5.97 Å². The Hall–Kier alpha value is -1.03. The molecule has 4 heteroatoms. The summed E-state index contributed by atoms with van der Waals surface area (Å²) in [5, 5.41) is 0. The summed E-state index contributed by atoms with van der Waals surface area (Å²) in [5.74, 6) is -0.346. The largest absolute Gasteiger partial charge is 0.462 e. The Kier molecular flexibility index (Phi) is 5.32. The quantitative estimate of drug-likeness (QED) is 0.513. The molecule has 1 aromatic rings. The van der Waals surface area contributed by atoms with Crippen LogP contribution in [0, 0.1) is 0 Å². The molecular formula is C12H16BrNO2. The van der Waals surface area contributed by atoms with Gasteiger partial charge in [-0.25, -0.2) is 4.79 Å². The van der Waals surface area contributed by atoms with Crippen LogP contribution in [-0.4, -0.2) is 12.6 Å². The van der Waals surface area contributed by atoms with Crippen molar-refractivity contribution in [3.05, 3.63) is 28.2 Å². The number of carbonyl (C=O) groups excluding carboxylic acids is 1. The summed E-state index contributed by atoms with van der Waals surface area (Å²) < 4.78 is 5.97. The average molecular weight is 286 g/mol. The molecule has 0 spiro atoms. The molecule has 88 valence electrons. The third-order valence-electron chi connectivity index (χ3n) is 2.21. The van der Waals surface area contributed by atoms with Crippen molar-refractivity contribution in [1.82, 2.24) is 0 Å². The second-order valence-corrected chi connectivity index (χ2v) is 4.49. The van der Waals surface area contributed by atoms with Gasteiger partial charge in [0.05, 0.1) is 12.2 Å². The van der Waals surface area contributed by atoms with Gasteiger partial charge in [0.15, 0.2) is 0 Å². The van der Waals surface area contributed by atoms with Crippen molar-refractivity contribution in [3.8, 4) is 0 Å². The molecule has 1 rings (SSSR count). The van der Waals surface area contributed by atoms with Crippen LogP contribution < -0.4 is 5.73 Å². The lowest BCUT2D eigenvalue weighted by atomic mass is 10.2. The van der Waals surface area contributed by atoms with E-state index in [1.165, 1.54) is 0 Å². The standard InChI is InChI=1S/C12H16BrNO2/c1-2-3-4-7-16-12(15)10-6-5-9(13)8-11(10)14/h5-6,8H,2-4,7,14H2,1H3. The maximum atomic E-state index is 11.6. The van der Waals surface area contributed by atoms with Gasteiger partial charge in [0.2, 0.25) is 0 Å². The lowest BCUT2D eigenvalue weighted by Crippen LogP contribution is -2.09. The highest BCUT2D eigenvalue weighted by atomic mass is 79.9. The first-order valence-electron chi connectivity index (χ1n) is 5.37. The monoisotopic (exact) mass is 285 g/mol. The Balaban J connectivity index is 2.53. The number of unbranched alkanes of at least 4 members (excludes halogenated alkanes) is 2. The first-order chi connectivity index (χ1) is 7.65. The van der Waals surface area contributed by atoms with Gasteiger partial charge in [-0.15, -0.1) is 0 Å². The van der Waals surface area contributed by atoms with Crippen molar-refractivity contribution in [2.45, 2.75) is 26.2 Å². The average Bonchev–Trinajstić information content (AvgIpc) is 2.24. The first-order valence-corrected chi connectivity index (χ1v) is 6.16. The number of ether oxygens (including phenoxy) is 1. The topological polar surface area (TPSA) is 52.3 Å². The van der Waals surface area contributed by atoms with Crippen molar-refractivity contribution in [2.24, 2.45) is 0 Å². The van der Waals surface area contributed by atoms with Crippen molar-refractivity contribution in [1.29, 1.82) is 0 Å². The van der Waals surface area contributed by atoms with Gasteiger partial charge >= 0.3 is 5.97 Å². The second kappa shape index (κ2) is 6.53. The summed E-state index contributed by atoms with van der Waals surface area (Å²) in [5.41, 5.74) is 6.59. The van der Waals surface area contributed by atoms with Crippen molar-refractivity contribution in [3.63, 3.8) is 0 Å². The van der Waals surface area contributed by atoms with Crippen molar-refractivity contribution >= 4 is 27.6 Å². The fourth-order valence-electron chi connectivity index (χ4n) is 1.31. The highest BCUT2D eigenvalue weighted by Gasteiger charge is 2.10. The molecule has 2 N–H and O–H groups in total. The van der Waals surface area contributed by atoms with E-state index in [4.69, 9.17) is 10.5 Å². The molecule has 0 fully saturated rings. The Morgan fingerprint density at radius 1 is 1.44 bits per heavy atom. The van der Waals surface area contributed by atoms with Crippen LogP contribution in [0.1, 0.15) is 36.5 Å². The molecule has 0 aliphatic carbocycles. The summed E-state index contributed by atoms with van der Waals surface area (Å²) in [7, 11) is 0. The molecule has 0 heterocycles. The molecule has 0 aromatic heterocycles. The SMILES string of the molecule is CCCCCOC(=O)c1ccc(Br)cc1N. The van der Waals surface area contributed by atoms with Gasteiger partial charge in [0, 0.05) is 10.2 Å². The lowest BCUT2D eigenvalue weighted by Gasteiger charge is -2.06. The van der Waals surface area contributed by atoms with Gasteiger partial charge in [-0.1, -0.05) is 35.7 Å². The van der Waals surface area contributed by atoms with Crippen molar-refractivity contribution in [2.75, 3.05) is 12.3 Å². The predicted octanol–water partition coefficient (Wildman–Crippen LogP) is 3.38. The van der Waals surface area contributed by atoms with Crippen LogP contribution in [0.5, 0.6) is 0 Å². The first kappa shape index (κ1) is 13.0. The minimum absolute atomic E-state index is 0.346. The molecule has 0 atom stereocenters. The molecule has 3 nitrogen and oxygen atoms in total. The van der Waals surface area contributed by atoms with E-state index < -0.39 is 0 Å². The molecule has 1 aromatic carbocycles. The molecular weight excluding hydrogens is 270 g/mol. The van der Waals surface area contributed by atoms with E-state index in [1.807, 2.05) is 0 Å². The van der Waals surface area contributed by atoms with Crippen LogP contribution in [0.15, 0.2) is 22.7 Å². The molecule has 0 saturated carbocycles. The fraction of sp³-hybridized carbons (Fsp3) is 0.417. The van der Waals surface area contributed by atoms with E-state index in [2.05, 4.69) is 22.9 Å². The summed E-state index contributed by atoms with van der Waals surface area (Å²) in [6, 6.07) is 5.14. The minimum atomic E-state index is -0.346. The maximum absolute atomic E-state index is 11.6.